The lowest BCUT2D eigenvalue weighted by atomic mass is 9.90. The Morgan fingerprint density at radius 1 is 1.32 bits per heavy atom. The van der Waals surface area contributed by atoms with Crippen LogP contribution in [0.25, 0.3) is 10.9 Å². The van der Waals surface area contributed by atoms with Crippen molar-refractivity contribution in [1.82, 2.24) is 10.3 Å². The SMILES string of the molecule is Cc1cc(C)c2c(CC3CNCCC3=O)c[nH]c2c1. The Morgan fingerprint density at radius 3 is 2.95 bits per heavy atom. The Hall–Kier alpha value is -1.61. The number of rotatable bonds is 2. The van der Waals surface area contributed by atoms with Crippen LogP contribution in [-0.2, 0) is 11.2 Å². The summed E-state index contributed by atoms with van der Waals surface area (Å²) in [5.41, 5.74) is 5.02. The van der Waals surface area contributed by atoms with E-state index in [1.807, 2.05) is 0 Å². The fourth-order valence-corrected chi connectivity index (χ4v) is 3.16. The number of piperidine rings is 1. The number of fused-ring (bicyclic) bond motifs is 1. The van der Waals surface area contributed by atoms with Crippen LogP contribution in [0.4, 0.5) is 0 Å². The highest BCUT2D eigenvalue weighted by molar-refractivity contribution is 5.88. The molecule has 1 fully saturated rings. The molecule has 1 aromatic carbocycles. The summed E-state index contributed by atoms with van der Waals surface area (Å²) < 4.78 is 0. The van der Waals surface area contributed by atoms with Crippen molar-refractivity contribution in [1.29, 1.82) is 0 Å². The maximum absolute atomic E-state index is 11.9. The number of hydrogen-bond acceptors (Lipinski definition) is 2. The van der Waals surface area contributed by atoms with Gasteiger partial charge < -0.3 is 10.3 Å². The maximum Gasteiger partial charge on any atom is 0.138 e. The number of ketones is 1. The molecule has 1 aliphatic rings. The largest absolute Gasteiger partial charge is 0.361 e. The number of Topliss-reactive ketones (excluding diaryl/α,β-unsaturated/α-hetero) is 1. The second-order valence-corrected chi connectivity index (χ2v) is 5.64. The van der Waals surface area contributed by atoms with Crippen LogP contribution >= 0.6 is 0 Å². The number of aromatic amines is 1. The number of carbonyl (C=O) groups excluding carboxylic acids is 1. The molecule has 1 unspecified atom stereocenters. The molecule has 0 aliphatic carbocycles. The van der Waals surface area contributed by atoms with Gasteiger partial charge in [-0.25, -0.2) is 0 Å². The van der Waals surface area contributed by atoms with Crippen LogP contribution in [0, 0.1) is 19.8 Å². The van der Waals surface area contributed by atoms with Crippen molar-refractivity contribution in [2.45, 2.75) is 26.7 Å². The van der Waals surface area contributed by atoms with E-state index in [-0.39, 0.29) is 5.92 Å². The molecule has 2 aromatic rings. The van der Waals surface area contributed by atoms with Crippen LogP contribution in [0.15, 0.2) is 18.3 Å². The second kappa shape index (κ2) is 4.82. The van der Waals surface area contributed by atoms with Gasteiger partial charge in [0.2, 0.25) is 0 Å². The van der Waals surface area contributed by atoms with Gasteiger partial charge in [-0.1, -0.05) is 6.07 Å². The molecule has 1 saturated heterocycles. The van der Waals surface area contributed by atoms with Crippen molar-refractivity contribution in [3.8, 4) is 0 Å². The average molecular weight is 256 g/mol. The number of H-pyrrole nitrogens is 1. The molecular weight excluding hydrogens is 236 g/mol. The smallest absolute Gasteiger partial charge is 0.138 e. The molecule has 2 heterocycles. The van der Waals surface area contributed by atoms with Crippen LogP contribution in [0.2, 0.25) is 0 Å². The molecule has 3 nitrogen and oxygen atoms in total. The third-order valence-corrected chi connectivity index (χ3v) is 4.06. The molecule has 1 atom stereocenters. The summed E-state index contributed by atoms with van der Waals surface area (Å²) in [6.45, 7) is 5.91. The quantitative estimate of drug-likeness (QED) is 0.867. The van der Waals surface area contributed by atoms with Gasteiger partial charge in [-0.3, -0.25) is 4.79 Å². The number of aryl methyl sites for hydroxylation is 2. The zero-order chi connectivity index (χ0) is 13.4. The maximum atomic E-state index is 11.9. The summed E-state index contributed by atoms with van der Waals surface area (Å²) in [5.74, 6) is 0.534. The van der Waals surface area contributed by atoms with Gasteiger partial charge in [0.05, 0.1) is 0 Å². The average Bonchev–Trinajstić information content (AvgIpc) is 2.75. The molecular formula is C16H20N2O. The minimum Gasteiger partial charge on any atom is -0.361 e. The van der Waals surface area contributed by atoms with Crippen molar-refractivity contribution in [3.63, 3.8) is 0 Å². The summed E-state index contributed by atoms with van der Waals surface area (Å²) in [6.07, 6.45) is 3.58. The highest BCUT2D eigenvalue weighted by Crippen LogP contribution is 2.26. The molecule has 1 aromatic heterocycles. The Morgan fingerprint density at radius 2 is 2.16 bits per heavy atom. The monoisotopic (exact) mass is 256 g/mol. The molecule has 100 valence electrons. The van der Waals surface area contributed by atoms with Crippen LogP contribution in [0.3, 0.4) is 0 Å². The molecule has 0 bridgehead atoms. The summed E-state index contributed by atoms with van der Waals surface area (Å²) in [4.78, 5) is 15.3. The number of benzene rings is 1. The molecule has 0 radical (unpaired) electrons. The van der Waals surface area contributed by atoms with Crippen LogP contribution in [0.1, 0.15) is 23.1 Å². The van der Waals surface area contributed by atoms with E-state index < -0.39 is 0 Å². The highest BCUT2D eigenvalue weighted by Gasteiger charge is 2.23. The Labute approximate surface area is 113 Å². The van der Waals surface area contributed by atoms with Crippen molar-refractivity contribution in [2.24, 2.45) is 5.92 Å². The Bertz CT molecular complexity index is 627. The first-order chi connectivity index (χ1) is 9.15. The van der Waals surface area contributed by atoms with Crippen LogP contribution in [-0.4, -0.2) is 23.9 Å². The zero-order valence-electron chi connectivity index (χ0n) is 11.5. The van der Waals surface area contributed by atoms with Crippen molar-refractivity contribution in [2.75, 3.05) is 13.1 Å². The van der Waals surface area contributed by atoms with Crippen molar-refractivity contribution >= 4 is 16.7 Å². The lowest BCUT2D eigenvalue weighted by molar-refractivity contribution is -0.123. The minimum atomic E-state index is 0.133. The van der Waals surface area contributed by atoms with E-state index in [4.69, 9.17) is 0 Å². The van der Waals surface area contributed by atoms with E-state index >= 15 is 0 Å². The van der Waals surface area contributed by atoms with E-state index in [1.165, 1.54) is 27.6 Å². The lowest BCUT2D eigenvalue weighted by Crippen LogP contribution is -2.37. The van der Waals surface area contributed by atoms with E-state index in [2.05, 4.69) is 42.5 Å². The zero-order valence-corrected chi connectivity index (χ0v) is 11.5. The van der Waals surface area contributed by atoms with E-state index in [0.29, 0.717) is 12.2 Å². The fraction of sp³-hybridized carbons (Fsp3) is 0.438. The molecule has 3 rings (SSSR count). The third-order valence-electron chi connectivity index (χ3n) is 4.06. The standard InChI is InChI=1S/C16H20N2O/c1-10-5-11(2)16-13(9-18-14(16)6-10)7-12-8-17-4-3-15(12)19/h5-6,9,12,17-18H,3-4,7-8H2,1-2H3. The van der Waals surface area contributed by atoms with Crippen LogP contribution < -0.4 is 5.32 Å². The lowest BCUT2D eigenvalue weighted by Gasteiger charge is -2.21. The van der Waals surface area contributed by atoms with Gasteiger partial charge in [0.25, 0.3) is 0 Å². The molecule has 0 amide bonds. The number of hydrogen-bond donors (Lipinski definition) is 2. The normalized spacial score (nSPS) is 20.1. The van der Waals surface area contributed by atoms with Crippen molar-refractivity contribution < 1.29 is 4.79 Å². The van der Waals surface area contributed by atoms with Gasteiger partial charge in [0.15, 0.2) is 0 Å². The topological polar surface area (TPSA) is 44.9 Å². The van der Waals surface area contributed by atoms with Gasteiger partial charge in [-0.05, 0) is 43.0 Å². The first-order valence-corrected chi connectivity index (χ1v) is 6.96. The fourth-order valence-electron chi connectivity index (χ4n) is 3.16. The van der Waals surface area contributed by atoms with Gasteiger partial charge in [0, 0.05) is 42.5 Å². The molecule has 0 saturated carbocycles. The highest BCUT2D eigenvalue weighted by atomic mass is 16.1. The van der Waals surface area contributed by atoms with Crippen molar-refractivity contribution in [3.05, 3.63) is 35.0 Å². The first-order valence-electron chi connectivity index (χ1n) is 6.96. The molecule has 3 heteroatoms. The Kier molecular flexibility index (Phi) is 3.15. The predicted octanol–water partition coefficient (Wildman–Crippen LogP) is 2.51. The van der Waals surface area contributed by atoms with E-state index in [9.17, 15) is 4.79 Å². The number of aromatic nitrogens is 1. The van der Waals surface area contributed by atoms with Gasteiger partial charge in [-0.15, -0.1) is 0 Å². The van der Waals surface area contributed by atoms with Crippen LogP contribution in [0.5, 0.6) is 0 Å². The second-order valence-electron chi connectivity index (χ2n) is 5.64. The third kappa shape index (κ3) is 2.30. The number of nitrogens with one attached hydrogen (secondary N) is 2. The molecule has 19 heavy (non-hydrogen) atoms. The first kappa shape index (κ1) is 12.4. The van der Waals surface area contributed by atoms with Gasteiger partial charge in [0.1, 0.15) is 5.78 Å². The predicted molar refractivity (Wildman–Crippen MR) is 77.5 cm³/mol. The summed E-state index contributed by atoms with van der Waals surface area (Å²) in [5, 5.41) is 4.61. The summed E-state index contributed by atoms with van der Waals surface area (Å²) in [6, 6.07) is 4.38. The van der Waals surface area contributed by atoms with E-state index in [1.54, 1.807) is 0 Å². The molecule has 1 aliphatic heterocycles. The number of carbonyl (C=O) groups is 1. The minimum absolute atomic E-state index is 0.133. The molecule has 2 N–H and O–H groups in total. The van der Waals surface area contributed by atoms with Gasteiger partial charge >= 0.3 is 0 Å². The summed E-state index contributed by atoms with van der Waals surface area (Å²) in [7, 11) is 0. The van der Waals surface area contributed by atoms with Gasteiger partial charge in [-0.2, -0.15) is 0 Å². The Balaban J connectivity index is 1.95. The summed E-state index contributed by atoms with van der Waals surface area (Å²) >= 11 is 0. The molecule has 0 spiro atoms. The van der Waals surface area contributed by atoms with E-state index in [0.717, 1.165) is 19.5 Å².